The maximum atomic E-state index is 14.1. The molecule has 40 heavy (non-hydrogen) atoms. The van der Waals surface area contributed by atoms with Crippen molar-refractivity contribution < 1.29 is 18.0 Å². The van der Waals surface area contributed by atoms with Gasteiger partial charge in [0.1, 0.15) is 12.6 Å². The minimum absolute atomic E-state index is 0.112. The first-order valence-corrected chi connectivity index (χ1v) is 15.5. The molecule has 3 aromatic rings. The summed E-state index contributed by atoms with van der Waals surface area (Å²) in [6.45, 7) is 5.93. The molecule has 0 fully saturated rings. The Bertz CT molecular complexity index is 1410. The Morgan fingerprint density at radius 1 is 0.900 bits per heavy atom. The van der Waals surface area contributed by atoms with E-state index in [9.17, 15) is 18.0 Å². The smallest absolute Gasteiger partial charge is 0.244 e. The lowest BCUT2D eigenvalue weighted by atomic mass is 10.0. The summed E-state index contributed by atoms with van der Waals surface area (Å²) in [6.07, 6.45) is 1.26. The Kier molecular flexibility index (Phi) is 11.0. The normalized spacial score (nSPS) is 12.2. The van der Waals surface area contributed by atoms with Crippen molar-refractivity contribution in [2.24, 2.45) is 5.92 Å². The Labute approximate surface area is 247 Å². The predicted molar refractivity (Wildman–Crippen MR) is 162 cm³/mol. The molecule has 0 saturated carbocycles. The van der Waals surface area contributed by atoms with Gasteiger partial charge in [0.05, 0.1) is 11.9 Å². The van der Waals surface area contributed by atoms with Gasteiger partial charge < -0.3 is 10.2 Å². The molecule has 3 aromatic carbocycles. The van der Waals surface area contributed by atoms with Crippen LogP contribution in [0.25, 0.3) is 0 Å². The summed E-state index contributed by atoms with van der Waals surface area (Å²) < 4.78 is 26.7. The number of amides is 2. The van der Waals surface area contributed by atoms with E-state index in [0.29, 0.717) is 6.54 Å². The summed E-state index contributed by atoms with van der Waals surface area (Å²) in [5.74, 6) is -0.644. The van der Waals surface area contributed by atoms with E-state index >= 15 is 0 Å². The van der Waals surface area contributed by atoms with Crippen molar-refractivity contribution in [1.82, 2.24) is 10.2 Å². The summed E-state index contributed by atoms with van der Waals surface area (Å²) in [5.41, 5.74) is 2.85. The molecule has 0 aliphatic heterocycles. The van der Waals surface area contributed by atoms with Crippen LogP contribution in [-0.4, -0.2) is 50.5 Å². The van der Waals surface area contributed by atoms with Crippen molar-refractivity contribution in [3.05, 3.63) is 99.5 Å². The molecule has 0 spiro atoms. The third-order valence-electron chi connectivity index (χ3n) is 6.21. The van der Waals surface area contributed by atoms with E-state index in [4.69, 9.17) is 23.2 Å². The Morgan fingerprint density at radius 2 is 1.52 bits per heavy atom. The van der Waals surface area contributed by atoms with Gasteiger partial charge in [0.15, 0.2) is 0 Å². The molecule has 1 unspecified atom stereocenters. The molecule has 2 amide bonds. The zero-order valence-corrected chi connectivity index (χ0v) is 25.4. The number of carbonyl (C=O) groups excluding carboxylic acids is 2. The monoisotopic (exact) mass is 603 g/mol. The lowest BCUT2D eigenvalue weighted by Crippen LogP contribution is -2.53. The van der Waals surface area contributed by atoms with Gasteiger partial charge in [0.2, 0.25) is 21.8 Å². The van der Waals surface area contributed by atoms with Crippen LogP contribution in [0.4, 0.5) is 5.69 Å². The van der Waals surface area contributed by atoms with Gasteiger partial charge in [-0.1, -0.05) is 97.2 Å². The Balaban J connectivity index is 2.06. The van der Waals surface area contributed by atoms with Crippen LogP contribution in [0.5, 0.6) is 0 Å². The molecule has 0 bridgehead atoms. The molecule has 0 radical (unpaired) electrons. The Morgan fingerprint density at radius 3 is 2.10 bits per heavy atom. The van der Waals surface area contributed by atoms with Crippen molar-refractivity contribution >= 4 is 50.7 Å². The van der Waals surface area contributed by atoms with E-state index < -0.39 is 28.5 Å². The van der Waals surface area contributed by atoms with Gasteiger partial charge >= 0.3 is 0 Å². The fraction of sp³-hybridized carbons (Fsp3) is 0.333. The topological polar surface area (TPSA) is 86.8 Å². The van der Waals surface area contributed by atoms with Crippen LogP contribution < -0.4 is 9.62 Å². The van der Waals surface area contributed by atoms with Gasteiger partial charge in [-0.3, -0.25) is 13.9 Å². The van der Waals surface area contributed by atoms with Crippen molar-refractivity contribution in [2.45, 2.75) is 39.8 Å². The quantitative estimate of drug-likeness (QED) is 0.297. The maximum Gasteiger partial charge on any atom is 0.244 e. The number of sulfonamides is 1. The van der Waals surface area contributed by atoms with Crippen LogP contribution in [0.1, 0.15) is 30.5 Å². The fourth-order valence-corrected chi connectivity index (χ4v) is 5.63. The van der Waals surface area contributed by atoms with Gasteiger partial charge in [0, 0.05) is 29.6 Å². The molecule has 0 saturated heterocycles. The van der Waals surface area contributed by atoms with Gasteiger partial charge in [-0.15, -0.1) is 0 Å². The molecule has 0 aliphatic carbocycles. The van der Waals surface area contributed by atoms with E-state index in [0.717, 1.165) is 27.3 Å². The standard InChI is InChI=1S/C30H35Cl2N3O4S/c1-21(2)18-33-30(37)28(14-23-10-6-5-7-11-23)34(19-24-12-8-9-22(3)13-24)29(36)20-35(40(4,38)39)27-16-25(31)15-26(32)17-27/h5-13,15-17,21,28H,14,18-20H2,1-4H3,(H,33,37). The van der Waals surface area contributed by atoms with Crippen molar-refractivity contribution in [3.8, 4) is 0 Å². The number of hydrogen-bond donors (Lipinski definition) is 1. The number of aryl methyl sites for hydroxylation is 1. The fourth-order valence-electron chi connectivity index (χ4n) is 4.28. The molecule has 0 heterocycles. The van der Waals surface area contributed by atoms with Crippen LogP contribution in [0.15, 0.2) is 72.8 Å². The summed E-state index contributed by atoms with van der Waals surface area (Å²) in [4.78, 5) is 29.2. The van der Waals surface area contributed by atoms with Crippen LogP contribution in [-0.2, 0) is 32.6 Å². The first-order chi connectivity index (χ1) is 18.8. The minimum atomic E-state index is -3.92. The number of anilines is 1. The first kappa shape index (κ1) is 31.5. The average Bonchev–Trinajstić information content (AvgIpc) is 2.87. The van der Waals surface area contributed by atoms with Gasteiger partial charge in [0.25, 0.3) is 0 Å². The van der Waals surface area contributed by atoms with E-state index in [-0.39, 0.29) is 40.5 Å². The number of benzene rings is 3. The average molecular weight is 605 g/mol. The molecule has 7 nitrogen and oxygen atoms in total. The lowest BCUT2D eigenvalue weighted by Gasteiger charge is -2.33. The molecular weight excluding hydrogens is 569 g/mol. The molecule has 1 N–H and O–H groups in total. The molecule has 214 valence electrons. The summed E-state index contributed by atoms with van der Waals surface area (Å²) in [7, 11) is -3.92. The zero-order chi connectivity index (χ0) is 29.4. The van der Waals surface area contributed by atoms with Crippen LogP contribution >= 0.6 is 23.2 Å². The second-order valence-corrected chi connectivity index (χ2v) is 13.0. The third kappa shape index (κ3) is 9.25. The van der Waals surface area contributed by atoms with Crippen molar-refractivity contribution in [2.75, 3.05) is 23.7 Å². The highest BCUT2D eigenvalue weighted by atomic mass is 35.5. The van der Waals surface area contributed by atoms with Crippen LogP contribution in [0.2, 0.25) is 10.0 Å². The number of carbonyl (C=O) groups is 2. The summed E-state index contributed by atoms with van der Waals surface area (Å²) in [6, 6.07) is 20.5. The summed E-state index contributed by atoms with van der Waals surface area (Å²) >= 11 is 12.3. The van der Waals surface area contributed by atoms with E-state index in [1.807, 2.05) is 75.4 Å². The number of nitrogens with zero attached hydrogens (tertiary/aromatic N) is 2. The van der Waals surface area contributed by atoms with Crippen LogP contribution in [0, 0.1) is 12.8 Å². The molecule has 10 heteroatoms. The molecule has 0 aliphatic rings. The second-order valence-electron chi connectivity index (χ2n) is 10.3. The highest BCUT2D eigenvalue weighted by molar-refractivity contribution is 7.92. The van der Waals surface area contributed by atoms with Gasteiger partial charge in [-0.05, 0) is 42.2 Å². The number of halogens is 2. The lowest BCUT2D eigenvalue weighted by molar-refractivity contribution is -0.140. The maximum absolute atomic E-state index is 14.1. The molecule has 3 rings (SSSR count). The molecular formula is C30H35Cl2N3O4S. The zero-order valence-electron chi connectivity index (χ0n) is 23.1. The number of nitrogens with one attached hydrogen (secondary N) is 1. The van der Waals surface area contributed by atoms with Gasteiger partial charge in [-0.2, -0.15) is 0 Å². The number of hydrogen-bond acceptors (Lipinski definition) is 4. The Hall–Kier alpha value is -3.07. The van der Waals surface area contributed by atoms with Crippen molar-refractivity contribution in [3.63, 3.8) is 0 Å². The highest BCUT2D eigenvalue weighted by Gasteiger charge is 2.33. The minimum Gasteiger partial charge on any atom is -0.354 e. The molecule has 1 atom stereocenters. The molecule has 0 aromatic heterocycles. The largest absolute Gasteiger partial charge is 0.354 e. The van der Waals surface area contributed by atoms with Crippen LogP contribution in [0.3, 0.4) is 0 Å². The first-order valence-electron chi connectivity index (χ1n) is 12.9. The van der Waals surface area contributed by atoms with Gasteiger partial charge in [-0.25, -0.2) is 8.42 Å². The SMILES string of the molecule is Cc1cccc(CN(C(=O)CN(c2cc(Cl)cc(Cl)c2)S(C)(=O)=O)C(Cc2ccccc2)C(=O)NCC(C)C)c1. The highest BCUT2D eigenvalue weighted by Crippen LogP contribution is 2.27. The van der Waals surface area contributed by atoms with E-state index in [1.165, 1.54) is 23.1 Å². The van der Waals surface area contributed by atoms with E-state index in [1.54, 1.807) is 0 Å². The van der Waals surface area contributed by atoms with Crippen molar-refractivity contribution in [1.29, 1.82) is 0 Å². The predicted octanol–water partition coefficient (Wildman–Crippen LogP) is 5.48. The number of rotatable bonds is 12. The summed E-state index contributed by atoms with van der Waals surface area (Å²) in [5, 5.41) is 3.43. The second kappa shape index (κ2) is 14.0. The van der Waals surface area contributed by atoms with E-state index in [2.05, 4.69) is 5.32 Å². The third-order valence-corrected chi connectivity index (χ3v) is 7.78.